The second-order valence-electron chi connectivity index (χ2n) is 3.73. The molecule has 2 N–H and O–H groups in total. The summed E-state index contributed by atoms with van der Waals surface area (Å²) in [6, 6.07) is 8.80. The molecule has 0 atom stereocenters. The number of ether oxygens (including phenoxy) is 1. The van der Waals surface area contributed by atoms with Crippen LogP contribution in [0.15, 0.2) is 36.5 Å². The van der Waals surface area contributed by atoms with Gasteiger partial charge in [0.15, 0.2) is 11.5 Å². The van der Waals surface area contributed by atoms with Gasteiger partial charge >= 0.3 is 0 Å². The van der Waals surface area contributed by atoms with Crippen molar-refractivity contribution in [2.24, 2.45) is 0 Å². The molecule has 0 amide bonds. The summed E-state index contributed by atoms with van der Waals surface area (Å²) in [6.45, 7) is 0.611. The van der Waals surface area contributed by atoms with E-state index in [4.69, 9.17) is 16.3 Å². The Morgan fingerprint density at radius 2 is 2.17 bits per heavy atom. The first-order valence-electron chi connectivity index (χ1n) is 5.40. The van der Waals surface area contributed by atoms with Crippen LogP contribution in [0, 0.1) is 0 Å². The van der Waals surface area contributed by atoms with Crippen LogP contribution in [0.1, 0.15) is 5.56 Å². The average molecular weight is 265 g/mol. The monoisotopic (exact) mass is 264 g/mol. The van der Waals surface area contributed by atoms with Gasteiger partial charge in [0.2, 0.25) is 0 Å². The molecule has 0 aliphatic rings. The van der Waals surface area contributed by atoms with Crippen LogP contribution in [0.4, 0.5) is 5.69 Å². The minimum Gasteiger partial charge on any atom is -0.504 e. The van der Waals surface area contributed by atoms with Crippen LogP contribution in [0.5, 0.6) is 11.5 Å². The van der Waals surface area contributed by atoms with Gasteiger partial charge in [-0.3, -0.25) is 0 Å². The molecule has 0 aliphatic carbocycles. The Labute approximate surface area is 110 Å². The third kappa shape index (κ3) is 3.05. The van der Waals surface area contributed by atoms with Gasteiger partial charge in [0.05, 0.1) is 19.0 Å². The Morgan fingerprint density at radius 3 is 2.83 bits per heavy atom. The number of nitrogens with zero attached hydrogens (tertiary/aromatic N) is 1. The highest BCUT2D eigenvalue weighted by atomic mass is 35.5. The third-order valence-corrected chi connectivity index (χ3v) is 2.69. The van der Waals surface area contributed by atoms with Gasteiger partial charge in [-0.15, -0.1) is 0 Å². The summed E-state index contributed by atoms with van der Waals surface area (Å²) in [4.78, 5) is 3.98. The predicted molar refractivity (Wildman–Crippen MR) is 71.2 cm³/mol. The van der Waals surface area contributed by atoms with E-state index in [2.05, 4.69) is 10.3 Å². The predicted octanol–water partition coefficient (Wildman–Crippen LogP) is 3.06. The summed E-state index contributed by atoms with van der Waals surface area (Å²) < 4.78 is 5.05. The van der Waals surface area contributed by atoms with Gasteiger partial charge in [-0.25, -0.2) is 4.98 Å². The minimum absolute atomic E-state index is 0.134. The summed E-state index contributed by atoms with van der Waals surface area (Å²) in [6.07, 6.45) is 1.67. The fourth-order valence-corrected chi connectivity index (χ4v) is 1.63. The van der Waals surface area contributed by atoms with Crippen molar-refractivity contribution in [3.63, 3.8) is 0 Å². The zero-order valence-corrected chi connectivity index (χ0v) is 10.6. The second kappa shape index (κ2) is 5.60. The Kier molecular flexibility index (Phi) is 3.89. The van der Waals surface area contributed by atoms with E-state index in [1.807, 2.05) is 12.1 Å². The lowest BCUT2D eigenvalue weighted by molar-refractivity contribution is 0.373. The summed E-state index contributed by atoms with van der Waals surface area (Å²) >= 11 is 5.70. The SMILES string of the molecule is COc1cc(CNc2ccc(Cl)nc2)ccc1O. The number of halogens is 1. The summed E-state index contributed by atoms with van der Waals surface area (Å²) in [5.74, 6) is 0.595. The quantitative estimate of drug-likeness (QED) is 0.834. The molecule has 94 valence electrons. The van der Waals surface area contributed by atoms with E-state index in [0.29, 0.717) is 17.4 Å². The summed E-state index contributed by atoms with van der Waals surface area (Å²) in [5.41, 5.74) is 1.88. The fourth-order valence-electron chi connectivity index (χ4n) is 1.52. The summed E-state index contributed by atoms with van der Waals surface area (Å²) in [7, 11) is 1.52. The molecule has 0 radical (unpaired) electrons. The van der Waals surface area contributed by atoms with E-state index in [1.54, 1.807) is 24.4 Å². The Bertz CT molecular complexity index is 529. The van der Waals surface area contributed by atoms with Crippen molar-refractivity contribution in [3.8, 4) is 11.5 Å². The highest BCUT2D eigenvalue weighted by Gasteiger charge is 2.02. The first kappa shape index (κ1) is 12.5. The van der Waals surface area contributed by atoms with Crippen LogP contribution in [-0.2, 0) is 6.54 Å². The van der Waals surface area contributed by atoms with Gasteiger partial charge in [-0.2, -0.15) is 0 Å². The van der Waals surface area contributed by atoms with Crippen LogP contribution in [0.25, 0.3) is 0 Å². The van der Waals surface area contributed by atoms with Gasteiger partial charge < -0.3 is 15.2 Å². The molecule has 0 aliphatic heterocycles. The number of hydrogen-bond acceptors (Lipinski definition) is 4. The Balaban J connectivity index is 2.04. The molecule has 4 nitrogen and oxygen atoms in total. The number of benzene rings is 1. The number of pyridine rings is 1. The minimum atomic E-state index is 0.134. The number of rotatable bonds is 4. The van der Waals surface area contributed by atoms with Crippen molar-refractivity contribution in [3.05, 3.63) is 47.2 Å². The second-order valence-corrected chi connectivity index (χ2v) is 4.12. The molecular formula is C13H13ClN2O2. The first-order valence-corrected chi connectivity index (χ1v) is 5.78. The number of methoxy groups -OCH3 is 1. The van der Waals surface area contributed by atoms with E-state index in [1.165, 1.54) is 7.11 Å². The van der Waals surface area contributed by atoms with E-state index < -0.39 is 0 Å². The molecule has 5 heteroatoms. The van der Waals surface area contributed by atoms with Gasteiger partial charge in [0.1, 0.15) is 5.15 Å². The number of phenolic OH excluding ortho intramolecular Hbond substituents is 1. The summed E-state index contributed by atoms with van der Waals surface area (Å²) in [5, 5.41) is 13.1. The Hall–Kier alpha value is -1.94. The van der Waals surface area contributed by atoms with E-state index in [0.717, 1.165) is 11.3 Å². The van der Waals surface area contributed by atoms with E-state index in [-0.39, 0.29) is 5.75 Å². The number of aromatic nitrogens is 1. The average Bonchev–Trinajstić information content (AvgIpc) is 2.39. The number of hydrogen-bond donors (Lipinski definition) is 2. The lowest BCUT2D eigenvalue weighted by Gasteiger charge is -2.08. The van der Waals surface area contributed by atoms with Crippen molar-refractivity contribution in [1.29, 1.82) is 0 Å². The maximum absolute atomic E-state index is 9.48. The van der Waals surface area contributed by atoms with Crippen LogP contribution in [-0.4, -0.2) is 17.2 Å². The van der Waals surface area contributed by atoms with Gasteiger partial charge in [-0.1, -0.05) is 17.7 Å². The molecule has 1 heterocycles. The van der Waals surface area contributed by atoms with Crippen LogP contribution >= 0.6 is 11.6 Å². The molecule has 0 spiro atoms. The molecular weight excluding hydrogens is 252 g/mol. The van der Waals surface area contributed by atoms with Crippen molar-refractivity contribution in [2.75, 3.05) is 12.4 Å². The van der Waals surface area contributed by atoms with Crippen LogP contribution in [0.3, 0.4) is 0 Å². The fraction of sp³-hybridized carbons (Fsp3) is 0.154. The van der Waals surface area contributed by atoms with Crippen molar-refractivity contribution in [2.45, 2.75) is 6.54 Å². The topological polar surface area (TPSA) is 54.4 Å². The zero-order valence-electron chi connectivity index (χ0n) is 9.85. The molecule has 18 heavy (non-hydrogen) atoms. The van der Waals surface area contributed by atoms with Gasteiger partial charge in [-0.05, 0) is 29.8 Å². The smallest absolute Gasteiger partial charge is 0.160 e. The lowest BCUT2D eigenvalue weighted by Crippen LogP contribution is -2.00. The number of phenols is 1. The molecule has 2 rings (SSSR count). The van der Waals surface area contributed by atoms with Crippen LogP contribution < -0.4 is 10.1 Å². The highest BCUT2D eigenvalue weighted by molar-refractivity contribution is 6.29. The van der Waals surface area contributed by atoms with Crippen molar-refractivity contribution in [1.82, 2.24) is 4.98 Å². The van der Waals surface area contributed by atoms with Crippen LogP contribution in [0.2, 0.25) is 5.15 Å². The van der Waals surface area contributed by atoms with Gasteiger partial charge in [0, 0.05) is 6.54 Å². The molecule has 1 aromatic heterocycles. The molecule has 0 fully saturated rings. The standard InChI is InChI=1S/C13H13ClN2O2/c1-18-12-6-9(2-4-11(12)17)7-15-10-3-5-13(14)16-8-10/h2-6,8,15,17H,7H2,1H3. The molecule has 0 unspecified atom stereocenters. The Morgan fingerprint density at radius 1 is 1.33 bits per heavy atom. The van der Waals surface area contributed by atoms with E-state index >= 15 is 0 Å². The molecule has 2 aromatic rings. The van der Waals surface area contributed by atoms with Gasteiger partial charge in [0.25, 0.3) is 0 Å². The third-order valence-electron chi connectivity index (χ3n) is 2.47. The van der Waals surface area contributed by atoms with E-state index in [9.17, 15) is 5.11 Å². The lowest BCUT2D eigenvalue weighted by atomic mass is 10.2. The highest BCUT2D eigenvalue weighted by Crippen LogP contribution is 2.26. The zero-order chi connectivity index (χ0) is 13.0. The maximum atomic E-state index is 9.48. The van der Waals surface area contributed by atoms with Crippen molar-refractivity contribution >= 4 is 17.3 Å². The molecule has 0 saturated heterocycles. The molecule has 1 aromatic carbocycles. The first-order chi connectivity index (χ1) is 8.69. The molecule has 0 saturated carbocycles. The number of aromatic hydroxyl groups is 1. The largest absolute Gasteiger partial charge is 0.504 e. The number of nitrogens with one attached hydrogen (secondary N) is 1. The number of anilines is 1. The normalized spacial score (nSPS) is 10.1. The maximum Gasteiger partial charge on any atom is 0.160 e. The van der Waals surface area contributed by atoms with Crippen molar-refractivity contribution < 1.29 is 9.84 Å². The molecule has 0 bridgehead atoms.